The molecule has 61 heavy (non-hydrogen) atoms. The van der Waals surface area contributed by atoms with Gasteiger partial charge in [-0.05, 0) is 57.8 Å². The number of carbonyl (C=O) groups is 3. The highest BCUT2D eigenvalue weighted by molar-refractivity contribution is 5.72. The molecule has 0 radical (unpaired) electrons. The molecule has 0 aliphatic carbocycles. The predicted octanol–water partition coefficient (Wildman–Crippen LogP) is 14.1. The Kier molecular flexibility index (Phi) is 41.5. The highest BCUT2D eigenvalue weighted by Gasteiger charge is 2.31. The van der Waals surface area contributed by atoms with E-state index in [0.717, 1.165) is 77.0 Å². The third kappa shape index (κ3) is 42.1. The summed E-state index contributed by atoms with van der Waals surface area (Å²) in [7, 11) is 5.52. The number of unbranched alkanes of at least 4 members (excludes halogenated alkanes) is 20. The van der Waals surface area contributed by atoms with Gasteiger partial charge in [0.1, 0.15) is 6.61 Å². The van der Waals surface area contributed by atoms with Crippen LogP contribution < -0.4 is 0 Å². The van der Waals surface area contributed by atoms with E-state index < -0.39 is 18.1 Å². The number of nitrogens with zero attached hydrogens (tertiary/aromatic N) is 1. The fourth-order valence-electron chi connectivity index (χ4n) is 7.12. The first-order valence-electron chi connectivity index (χ1n) is 24.8. The minimum atomic E-state index is -0.881. The Morgan fingerprint density at radius 3 is 1.36 bits per heavy atom. The predicted molar refractivity (Wildman–Crippen MR) is 257 cm³/mol. The molecule has 0 aromatic heterocycles. The average Bonchev–Trinajstić information content (AvgIpc) is 3.22. The first kappa shape index (κ1) is 58.0. The Morgan fingerprint density at radius 1 is 0.508 bits per heavy atom. The number of allylic oxidation sites excluding steroid dienone is 10. The van der Waals surface area contributed by atoms with Crippen LogP contribution >= 0.6 is 0 Å². The molecule has 0 saturated carbocycles. The lowest BCUT2D eigenvalue weighted by atomic mass is 10.0. The lowest BCUT2D eigenvalue weighted by Crippen LogP contribution is -2.50. The molecule has 0 amide bonds. The van der Waals surface area contributed by atoms with Crippen molar-refractivity contribution >= 4 is 17.9 Å². The van der Waals surface area contributed by atoms with Gasteiger partial charge in [-0.2, -0.15) is 0 Å². The van der Waals surface area contributed by atoms with Crippen LogP contribution in [-0.4, -0.2) is 80.6 Å². The topological polar surface area (TPSA) is 99.1 Å². The van der Waals surface area contributed by atoms with Gasteiger partial charge in [-0.25, -0.2) is 4.79 Å². The van der Waals surface area contributed by atoms with Gasteiger partial charge in [0.25, 0.3) is 0 Å². The summed E-state index contributed by atoms with van der Waals surface area (Å²) in [4.78, 5) is 37.1. The highest BCUT2D eigenvalue weighted by atomic mass is 16.6. The Labute approximate surface area is 375 Å². The molecule has 0 aliphatic rings. The summed E-state index contributed by atoms with van der Waals surface area (Å²) >= 11 is 0. The van der Waals surface area contributed by atoms with E-state index >= 15 is 0 Å². The maximum atomic E-state index is 12.8. The molecule has 8 heteroatoms. The standard InChI is InChI=1S/C53H93NO7/c1-6-8-10-12-14-16-18-20-22-24-26-28-30-32-34-36-38-40-42-44-52(56)61-49(47-59-46-45-50(53(57)58)54(3,4)5)48-60-51(55)43-41-39-37-35-33-31-29-27-25-23-21-19-17-15-13-11-9-7-2/h8,10,14,16,20,22,26,28,32,34,49-50H,6-7,9,11-13,15,17-19,21,23-25,27,29-31,33,35-48H2,1-5H3/p+1/b10-8+,16-14+,22-20+,28-26+,34-32+. The van der Waals surface area contributed by atoms with Gasteiger partial charge >= 0.3 is 17.9 Å². The molecule has 0 bridgehead atoms. The molecule has 0 saturated heterocycles. The third-order valence-electron chi connectivity index (χ3n) is 10.9. The summed E-state index contributed by atoms with van der Waals surface area (Å²) in [5.41, 5.74) is 0. The number of hydrogen-bond donors (Lipinski definition) is 1. The molecule has 8 nitrogen and oxygen atoms in total. The van der Waals surface area contributed by atoms with Crippen LogP contribution in [0.15, 0.2) is 60.8 Å². The number of hydrogen-bond acceptors (Lipinski definition) is 6. The van der Waals surface area contributed by atoms with Gasteiger partial charge in [0.05, 0.1) is 34.4 Å². The second-order valence-corrected chi connectivity index (χ2v) is 17.7. The molecule has 0 fully saturated rings. The van der Waals surface area contributed by atoms with E-state index in [2.05, 4.69) is 74.6 Å². The quantitative estimate of drug-likeness (QED) is 0.0282. The van der Waals surface area contributed by atoms with E-state index in [1.807, 2.05) is 21.1 Å². The van der Waals surface area contributed by atoms with Gasteiger partial charge < -0.3 is 23.8 Å². The zero-order valence-electron chi connectivity index (χ0n) is 40.1. The second kappa shape index (κ2) is 43.7. The molecule has 0 spiro atoms. The van der Waals surface area contributed by atoms with Crippen molar-refractivity contribution < 1.29 is 38.2 Å². The van der Waals surface area contributed by atoms with Crippen molar-refractivity contribution in [1.29, 1.82) is 0 Å². The van der Waals surface area contributed by atoms with Crippen molar-refractivity contribution in [1.82, 2.24) is 0 Å². The Morgan fingerprint density at radius 2 is 0.918 bits per heavy atom. The molecule has 2 atom stereocenters. The van der Waals surface area contributed by atoms with Crippen LogP contribution in [-0.2, 0) is 28.6 Å². The molecule has 352 valence electrons. The van der Waals surface area contributed by atoms with Crippen molar-refractivity contribution in [3.05, 3.63) is 60.8 Å². The molecule has 0 aromatic rings. The first-order valence-corrected chi connectivity index (χ1v) is 24.8. The minimum absolute atomic E-state index is 0.0474. The zero-order chi connectivity index (χ0) is 44.9. The molecular weight excluding hydrogens is 763 g/mol. The van der Waals surface area contributed by atoms with Crippen LogP contribution in [0, 0.1) is 0 Å². The molecule has 0 rings (SSSR count). The number of quaternary nitrogens is 1. The van der Waals surface area contributed by atoms with Crippen LogP contribution in [0.3, 0.4) is 0 Å². The van der Waals surface area contributed by atoms with E-state index in [1.165, 1.54) is 96.3 Å². The molecule has 0 aliphatic heterocycles. The van der Waals surface area contributed by atoms with Gasteiger partial charge in [-0.3, -0.25) is 9.59 Å². The van der Waals surface area contributed by atoms with E-state index in [-0.39, 0.29) is 42.7 Å². The second-order valence-electron chi connectivity index (χ2n) is 17.7. The Balaban J connectivity index is 4.33. The first-order chi connectivity index (χ1) is 29.6. The number of esters is 2. The fourth-order valence-corrected chi connectivity index (χ4v) is 7.12. The molecule has 2 unspecified atom stereocenters. The maximum absolute atomic E-state index is 12.8. The van der Waals surface area contributed by atoms with Crippen molar-refractivity contribution in [2.45, 2.75) is 219 Å². The maximum Gasteiger partial charge on any atom is 0.362 e. The van der Waals surface area contributed by atoms with Gasteiger partial charge in [0, 0.05) is 19.3 Å². The van der Waals surface area contributed by atoms with Gasteiger partial charge in [0.2, 0.25) is 0 Å². The van der Waals surface area contributed by atoms with Crippen LogP contribution in [0.4, 0.5) is 0 Å². The number of carbonyl (C=O) groups excluding carboxylic acids is 2. The van der Waals surface area contributed by atoms with Crippen LogP contribution in [0.5, 0.6) is 0 Å². The van der Waals surface area contributed by atoms with E-state index in [4.69, 9.17) is 14.2 Å². The minimum Gasteiger partial charge on any atom is -0.477 e. The summed E-state index contributed by atoms with van der Waals surface area (Å²) in [6.07, 6.45) is 54.1. The van der Waals surface area contributed by atoms with Gasteiger partial charge in [-0.15, -0.1) is 0 Å². The monoisotopic (exact) mass is 857 g/mol. The summed E-state index contributed by atoms with van der Waals surface area (Å²) in [6, 6.07) is -0.622. The molecular formula is C53H94NO7+. The average molecular weight is 857 g/mol. The number of rotatable bonds is 44. The molecule has 1 N–H and O–H groups in total. The lowest BCUT2D eigenvalue weighted by Gasteiger charge is -2.31. The Hall–Kier alpha value is -2.97. The van der Waals surface area contributed by atoms with Crippen molar-refractivity contribution in [2.75, 3.05) is 41.0 Å². The van der Waals surface area contributed by atoms with Crippen LogP contribution in [0.1, 0.15) is 206 Å². The smallest absolute Gasteiger partial charge is 0.362 e. The molecule has 0 heterocycles. The van der Waals surface area contributed by atoms with E-state index in [1.54, 1.807) is 0 Å². The van der Waals surface area contributed by atoms with E-state index in [0.29, 0.717) is 12.8 Å². The van der Waals surface area contributed by atoms with Gasteiger partial charge in [-0.1, -0.05) is 190 Å². The molecule has 0 aromatic carbocycles. The normalized spacial score (nSPS) is 13.4. The number of aliphatic carboxylic acids is 1. The summed E-state index contributed by atoms with van der Waals surface area (Å²) in [6.45, 7) is 4.61. The zero-order valence-corrected chi connectivity index (χ0v) is 40.1. The fraction of sp³-hybridized carbons (Fsp3) is 0.755. The van der Waals surface area contributed by atoms with Crippen molar-refractivity contribution in [3.8, 4) is 0 Å². The number of carboxylic acids is 1. The third-order valence-corrected chi connectivity index (χ3v) is 10.9. The van der Waals surface area contributed by atoms with E-state index in [9.17, 15) is 19.5 Å². The Bertz CT molecular complexity index is 1180. The van der Waals surface area contributed by atoms with Crippen molar-refractivity contribution in [2.24, 2.45) is 0 Å². The van der Waals surface area contributed by atoms with Gasteiger partial charge in [0.15, 0.2) is 12.1 Å². The number of ether oxygens (including phenoxy) is 3. The number of carboxylic acid groups (broad SMARTS) is 1. The summed E-state index contributed by atoms with van der Waals surface area (Å²) in [5.74, 6) is -1.50. The largest absolute Gasteiger partial charge is 0.477 e. The SMILES string of the molecule is CC/C=C/C/C=C/C/C=C/C/C=C/C/C=C/CCCCCC(=O)OC(COCCC(C(=O)O)[N+](C)(C)C)COC(=O)CCCCCCCCCCCCCCCCCCCC. The van der Waals surface area contributed by atoms with Crippen LogP contribution in [0.2, 0.25) is 0 Å². The van der Waals surface area contributed by atoms with Crippen LogP contribution in [0.25, 0.3) is 0 Å². The highest BCUT2D eigenvalue weighted by Crippen LogP contribution is 2.16. The summed E-state index contributed by atoms with van der Waals surface area (Å²) in [5, 5.41) is 9.64. The summed E-state index contributed by atoms with van der Waals surface area (Å²) < 4.78 is 17.3. The lowest BCUT2D eigenvalue weighted by molar-refractivity contribution is -0.887. The van der Waals surface area contributed by atoms with Crippen molar-refractivity contribution in [3.63, 3.8) is 0 Å². The number of likely N-dealkylation sites (N-methyl/N-ethyl adjacent to an activating group) is 1.